The van der Waals surface area contributed by atoms with E-state index in [0.29, 0.717) is 20.9 Å². The number of hydrogen-bond acceptors (Lipinski definition) is 6. The van der Waals surface area contributed by atoms with Crippen molar-refractivity contribution in [2.45, 2.75) is 30.6 Å². The predicted molar refractivity (Wildman–Crippen MR) is 139 cm³/mol. The van der Waals surface area contributed by atoms with Crippen LogP contribution >= 0.6 is 23.2 Å². The third kappa shape index (κ3) is 4.87. The third-order valence-corrected chi connectivity index (χ3v) is 7.71. The second-order valence-corrected chi connectivity index (χ2v) is 10.9. The number of rotatable bonds is 6. The van der Waals surface area contributed by atoms with Gasteiger partial charge in [-0.3, -0.25) is 10.1 Å². The molecule has 1 aromatic heterocycles. The van der Waals surface area contributed by atoms with Crippen LogP contribution in [0, 0.1) is 0 Å². The minimum atomic E-state index is -4.31. The molecule has 0 amide bonds. The van der Waals surface area contributed by atoms with Crippen molar-refractivity contribution in [3.8, 4) is 5.75 Å². The van der Waals surface area contributed by atoms with Gasteiger partial charge in [-0.2, -0.15) is 8.42 Å². The van der Waals surface area contributed by atoms with Crippen molar-refractivity contribution in [2.24, 2.45) is 0 Å². The van der Waals surface area contributed by atoms with Crippen LogP contribution in [0.15, 0.2) is 82.5 Å². The summed E-state index contributed by atoms with van der Waals surface area (Å²) in [7, 11) is -4.31. The number of aromatic nitrogens is 1. The van der Waals surface area contributed by atoms with Gasteiger partial charge in [0.1, 0.15) is 11.1 Å². The van der Waals surface area contributed by atoms with Crippen molar-refractivity contribution < 1.29 is 17.3 Å². The van der Waals surface area contributed by atoms with Gasteiger partial charge in [-0.1, -0.05) is 53.5 Å². The van der Waals surface area contributed by atoms with Crippen LogP contribution in [0.5, 0.6) is 5.75 Å². The van der Waals surface area contributed by atoms with Gasteiger partial charge >= 0.3 is 10.1 Å². The van der Waals surface area contributed by atoms with E-state index in [2.05, 4.69) is 5.32 Å². The van der Waals surface area contributed by atoms with E-state index in [4.69, 9.17) is 32.1 Å². The van der Waals surface area contributed by atoms with Crippen molar-refractivity contribution in [2.75, 3.05) is 6.61 Å². The van der Waals surface area contributed by atoms with E-state index >= 15 is 0 Å². The highest BCUT2D eigenvalue weighted by molar-refractivity contribution is 7.87. The van der Waals surface area contributed by atoms with E-state index in [-0.39, 0.29) is 41.1 Å². The molecule has 186 valence electrons. The quantitative estimate of drug-likeness (QED) is 0.338. The minimum Gasteiger partial charge on any atom is -0.378 e. The second-order valence-electron chi connectivity index (χ2n) is 8.47. The fourth-order valence-corrected chi connectivity index (χ4v) is 5.55. The molecular weight excluding hydrogens is 523 g/mol. The molecule has 7 nitrogen and oxygen atoms in total. The van der Waals surface area contributed by atoms with Crippen LogP contribution in [0.1, 0.15) is 24.1 Å². The number of nitrogens with one attached hydrogen (secondary N) is 1. The SMILES string of the molecule is CC1NC(c2c(OS(=O)(=O)c3ccc(Cl)cc3)c3cc(Cl)ccc3n(Cc3ccccc3)c2=O)CO1. The highest BCUT2D eigenvalue weighted by Crippen LogP contribution is 2.36. The highest BCUT2D eigenvalue weighted by Gasteiger charge is 2.33. The Morgan fingerprint density at radius 2 is 1.72 bits per heavy atom. The fraction of sp³-hybridized carbons (Fsp3) is 0.192. The van der Waals surface area contributed by atoms with Crippen LogP contribution < -0.4 is 15.1 Å². The summed E-state index contributed by atoms with van der Waals surface area (Å²) in [4.78, 5) is 13.9. The lowest BCUT2D eigenvalue weighted by Crippen LogP contribution is -2.33. The zero-order chi connectivity index (χ0) is 25.4. The third-order valence-electron chi connectivity index (χ3n) is 5.99. The Morgan fingerprint density at radius 1 is 1.03 bits per heavy atom. The van der Waals surface area contributed by atoms with Crippen molar-refractivity contribution >= 4 is 44.2 Å². The molecule has 2 heterocycles. The number of halogens is 2. The van der Waals surface area contributed by atoms with Gasteiger partial charge < -0.3 is 13.5 Å². The highest BCUT2D eigenvalue weighted by atomic mass is 35.5. The molecule has 2 atom stereocenters. The Labute approximate surface area is 218 Å². The average Bonchev–Trinajstić information content (AvgIpc) is 3.28. The van der Waals surface area contributed by atoms with Crippen molar-refractivity contribution in [1.82, 2.24) is 9.88 Å². The molecule has 1 fully saturated rings. The topological polar surface area (TPSA) is 86.6 Å². The van der Waals surface area contributed by atoms with Crippen LogP contribution in [-0.4, -0.2) is 25.8 Å². The van der Waals surface area contributed by atoms with Crippen LogP contribution in [0.25, 0.3) is 10.9 Å². The van der Waals surface area contributed by atoms with Gasteiger partial charge in [0, 0.05) is 15.4 Å². The summed E-state index contributed by atoms with van der Waals surface area (Å²) in [5.41, 5.74) is 1.17. The lowest BCUT2D eigenvalue weighted by molar-refractivity contribution is 0.115. The average molecular weight is 545 g/mol. The number of nitrogens with zero attached hydrogens (tertiary/aromatic N) is 1. The molecule has 1 N–H and O–H groups in total. The lowest BCUT2D eigenvalue weighted by atomic mass is 10.0. The molecule has 1 aliphatic rings. The van der Waals surface area contributed by atoms with Gasteiger partial charge in [0.05, 0.1) is 30.3 Å². The molecule has 4 aromatic rings. The van der Waals surface area contributed by atoms with E-state index < -0.39 is 16.2 Å². The van der Waals surface area contributed by atoms with Crippen LogP contribution in [0.4, 0.5) is 0 Å². The largest absolute Gasteiger partial charge is 0.378 e. The molecule has 0 spiro atoms. The number of ether oxygens (including phenoxy) is 1. The molecule has 0 saturated carbocycles. The predicted octanol–water partition coefficient (Wildman–Crippen LogP) is 5.13. The molecule has 5 rings (SSSR count). The van der Waals surface area contributed by atoms with Crippen LogP contribution in [0.2, 0.25) is 10.0 Å². The first kappa shape index (κ1) is 24.8. The molecule has 36 heavy (non-hydrogen) atoms. The molecule has 0 radical (unpaired) electrons. The first-order valence-electron chi connectivity index (χ1n) is 11.2. The Morgan fingerprint density at radius 3 is 2.39 bits per heavy atom. The summed E-state index contributed by atoms with van der Waals surface area (Å²) in [6.07, 6.45) is -0.326. The van der Waals surface area contributed by atoms with Gasteiger partial charge in [-0.05, 0) is 55.0 Å². The number of fused-ring (bicyclic) bond motifs is 1. The number of benzene rings is 3. The maximum atomic E-state index is 14.0. The molecule has 3 aromatic carbocycles. The smallest absolute Gasteiger partial charge is 0.339 e. The zero-order valence-corrected chi connectivity index (χ0v) is 21.5. The van der Waals surface area contributed by atoms with E-state index in [1.54, 1.807) is 22.8 Å². The number of pyridine rings is 1. The van der Waals surface area contributed by atoms with Crippen LogP contribution in [-0.2, 0) is 21.4 Å². The van der Waals surface area contributed by atoms with Crippen molar-refractivity contribution in [3.05, 3.63) is 104 Å². The van der Waals surface area contributed by atoms with E-state index in [0.717, 1.165) is 5.56 Å². The van der Waals surface area contributed by atoms with E-state index in [9.17, 15) is 13.2 Å². The maximum absolute atomic E-state index is 14.0. The van der Waals surface area contributed by atoms with Crippen LogP contribution in [0.3, 0.4) is 0 Å². The van der Waals surface area contributed by atoms with E-state index in [1.165, 1.54) is 24.3 Å². The Hall–Kier alpha value is -2.88. The summed E-state index contributed by atoms with van der Waals surface area (Å²) >= 11 is 12.3. The van der Waals surface area contributed by atoms with Crippen molar-refractivity contribution in [1.29, 1.82) is 0 Å². The summed E-state index contributed by atoms with van der Waals surface area (Å²) in [5.74, 6) is -0.0769. The summed E-state index contributed by atoms with van der Waals surface area (Å²) in [5, 5.41) is 4.35. The lowest BCUT2D eigenvalue weighted by Gasteiger charge is -2.21. The van der Waals surface area contributed by atoms with E-state index in [1.807, 2.05) is 37.3 Å². The molecule has 2 unspecified atom stereocenters. The summed E-state index contributed by atoms with van der Waals surface area (Å²) in [6, 6.07) is 19.5. The van der Waals surface area contributed by atoms with Gasteiger partial charge in [0.2, 0.25) is 0 Å². The standard InChI is InChI=1S/C26H22Cl2N2O5S/c1-16-29-22(15-34-16)24-25(35-36(32,33)20-10-7-18(27)8-11-20)21-13-19(28)9-12-23(21)30(26(24)31)14-17-5-3-2-4-6-17/h2-13,16,22,29H,14-15H2,1H3. The Bertz CT molecular complexity index is 1590. The molecule has 10 heteroatoms. The van der Waals surface area contributed by atoms with Gasteiger partial charge in [-0.15, -0.1) is 0 Å². The maximum Gasteiger partial charge on any atom is 0.339 e. The van der Waals surface area contributed by atoms with Gasteiger partial charge in [0.15, 0.2) is 5.75 Å². The molecule has 1 aliphatic heterocycles. The molecule has 0 bridgehead atoms. The monoisotopic (exact) mass is 544 g/mol. The number of hydrogen-bond donors (Lipinski definition) is 1. The summed E-state index contributed by atoms with van der Waals surface area (Å²) in [6.45, 7) is 2.26. The Kier molecular flexibility index (Phi) is 6.80. The first-order chi connectivity index (χ1) is 17.2. The first-order valence-corrected chi connectivity index (χ1v) is 13.4. The molecule has 1 saturated heterocycles. The van der Waals surface area contributed by atoms with Gasteiger partial charge in [0.25, 0.3) is 5.56 Å². The fourth-order valence-electron chi connectivity index (χ4n) is 4.29. The normalized spacial score (nSPS) is 18.0. The molecule has 0 aliphatic carbocycles. The summed E-state index contributed by atoms with van der Waals surface area (Å²) < 4.78 is 39.6. The minimum absolute atomic E-state index is 0.0769. The van der Waals surface area contributed by atoms with Gasteiger partial charge in [-0.25, -0.2) is 0 Å². The second kappa shape index (κ2) is 9.88. The molecular formula is C26H22Cl2N2O5S. The Balaban J connectivity index is 1.76. The zero-order valence-electron chi connectivity index (χ0n) is 19.1. The van der Waals surface area contributed by atoms with Crippen molar-refractivity contribution in [3.63, 3.8) is 0 Å².